The van der Waals surface area contributed by atoms with E-state index in [2.05, 4.69) is 10.6 Å². The molecule has 1 atom stereocenters. The van der Waals surface area contributed by atoms with Gasteiger partial charge in [0.15, 0.2) is 0 Å². The van der Waals surface area contributed by atoms with Crippen LogP contribution in [0.4, 0.5) is 5.69 Å². The van der Waals surface area contributed by atoms with Gasteiger partial charge in [-0.05, 0) is 30.5 Å². The first-order chi connectivity index (χ1) is 10.7. The number of nitrogens with one attached hydrogen (secondary N) is 2. The molecule has 126 valence electrons. The van der Waals surface area contributed by atoms with Gasteiger partial charge in [0.05, 0.1) is 18.8 Å². The van der Waals surface area contributed by atoms with Crippen LogP contribution in [0.1, 0.15) is 30.5 Å². The van der Waals surface area contributed by atoms with Crippen LogP contribution < -0.4 is 10.6 Å². The predicted octanol–water partition coefficient (Wildman–Crippen LogP) is 0.640. The number of aryl methyl sites for hydroxylation is 1. The zero-order valence-corrected chi connectivity index (χ0v) is 14.2. The molecular weight excluding hydrogens is 318 g/mol. The third kappa shape index (κ3) is 4.52. The predicted molar refractivity (Wildman–Crippen MR) is 87.4 cm³/mol. The van der Waals surface area contributed by atoms with E-state index in [1.165, 1.54) is 7.05 Å². The van der Waals surface area contributed by atoms with Crippen LogP contribution >= 0.6 is 0 Å². The number of anilines is 1. The van der Waals surface area contributed by atoms with Crippen molar-refractivity contribution in [2.24, 2.45) is 0 Å². The van der Waals surface area contributed by atoms with Gasteiger partial charge in [-0.15, -0.1) is 0 Å². The average molecular weight is 339 g/mol. The number of likely N-dealkylation sites (N-methyl/N-ethyl adjacent to an activating group) is 1. The largest absolute Gasteiger partial charge is 0.348 e. The first kappa shape index (κ1) is 17.4. The quantitative estimate of drug-likeness (QED) is 0.823. The summed E-state index contributed by atoms with van der Waals surface area (Å²) in [5.74, 6) is -0.355. The van der Waals surface area contributed by atoms with Crippen molar-refractivity contribution in [1.82, 2.24) is 9.62 Å². The third-order valence-electron chi connectivity index (χ3n) is 3.83. The molecular formula is C15H21N3O4S. The number of carbonyl (C=O) groups is 2. The summed E-state index contributed by atoms with van der Waals surface area (Å²) in [5, 5.41) is 5.59. The Balaban J connectivity index is 2.02. The van der Waals surface area contributed by atoms with Crippen molar-refractivity contribution in [2.75, 3.05) is 25.2 Å². The zero-order valence-electron chi connectivity index (χ0n) is 13.4. The number of benzene rings is 1. The Morgan fingerprint density at radius 2 is 2.09 bits per heavy atom. The molecule has 23 heavy (non-hydrogen) atoms. The summed E-state index contributed by atoms with van der Waals surface area (Å²) >= 11 is 0. The van der Waals surface area contributed by atoms with Gasteiger partial charge in [0, 0.05) is 19.2 Å². The van der Waals surface area contributed by atoms with Gasteiger partial charge in [0.1, 0.15) is 0 Å². The van der Waals surface area contributed by atoms with Crippen molar-refractivity contribution >= 4 is 27.5 Å². The first-order valence-electron chi connectivity index (χ1n) is 7.30. The molecule has 2 amide bonds. The van der Waals surface area contributed by atoms with Gasteiger partial charge in [-0.25, -0.2) is 8.42 Å². The number of amides is 2. The van der Waals surface area contributed by atoms with E-state index in [4.69, 9.17) is 0 Å². The highest BCUT2D eigenvalue weighted by Gasteiger charge is 2.19. The number of fused-ring (bicyclic) bond motifs is 1. The molecule has 1 aromatic rings. The van der Waals surface area contributed by atoms with Gasteiger partial charge in [0.2, 0.25) is 21.8 Å². The molecule has 1 unspecified atom stereocenters. The van der Waals surface area contributed by atoms with Crippen molar-refractivity contribution in [3.05, 3.63) is 29.3 Å². The summed E-state index contributed by atoms with van der Waals surface area (Å²) < 4.78 is 23.6. The maximum absolute atomic E-state index is 11.9. The normalized spacial score (nSPS) is 15.7. The number of sulfonamides is 1. The molecule has 0 saturated heterocycles. The molecule has 2 rings (SSSR count). The molecule has 0 aromatic heterocycles. The average Bonchev–Trinajstić information content (AvgIpc) is 2.45. The van der Waals surface area contributed by atoms with Gasteiger partial charge in [-0.3, -0.25) is 9.59 Å². The fraction of sp³-hybridized carbons (Fsp3) is 0.467. The lowest BCUT2D eigenvalue weighted by molar-refractivity contribution is -0.121. The Morgan fingerprint density at radius 3 is 2.74 bits per heavy atom. The lowest BCUT2D eigenvalue weighted by atomic mass is 9.98. The molecule has 0 radical (unpaired) electrons. The lowest BCUT2D eigenvalue weighted by Crippen LogP contribution is -2.38. The van der Waals surface area contributed by atoms with Crippen LogP contribution in [0.15, 0.2) is 18.2 Å². The Bertz CT molecular complexity index is 730. The molecule has 1 aliphatic rings. The smallest absolute Gasteiger partial charge is 0.235 e. The zero-order chi connectivity index (χ0) is 17.2. The minimum Gasteiger partial charge on any atom is -0.348 e. The fourth-order valence-corrected chi connectivity index (χ4v) is 2.71. The maximum Gasteiger partial charge on any atom is 0.235 e. The van der Waals surface area contributed by atoms with Crippen molar-refractivity contribution < 1.29 is 18.0 Å². The van der Waals surface area contributed by atoms with E-state index >= 15 is 0 Å². The van der Waals surface area contributed by atoms with Crippen molar-refractivity contribution in [2.45, 2.75) is 25.8 Å². The van der Waals surface area contributed by atoms with Crippen LogP contribution in [0.3, 0.4) is 0 Å². The summed E-state index contributed by atoms with van der Waals surface area (Å²) in [6.07, 6.45) is 2.18. The molecule has 1 aromatic carbocycles. The maximum atomic E-state index is 11.9. The van der Waals surface area contributed by atoms with Gasteiger partial charge in [-0.1, -0.05) is 12.1 Å². The van der Waals surface area contributed by atoms with Crippen molar-refractivity contribution in [1.29, 1.82) is 0 Å². The Labute approximate surface area is 136 Å². The van der Waals surface area contributed by atoms with E-state index in [1.54, 1.807) is 0 Å². The van der Waals surface area contributed by atoms with Crippen LogP contribution in [0.2, 0.25) is 0 Å². The minimum absolute atomic E-state index is 0.00964. The van der Waals surface area contributed by atoms with E-state index in [9.17, 15) is 18.0 Å². The second kappa shape index (κ2) is 6.67. The summed E-state index contributed by atoms with van der Waals surface area (Å²) in [6.45, 7) is 1.62. The van der Waals surface area contributed by atoms with E-state index in [-0.39, 0.29) is 24.4 Å². The van der Waals surface area contributed by atoms with Crippen LogP contribution in [-0.2, 0) is 26.0 Å². The number of rotatable bonds is 5. The molecule has 2 N–H and O–H groups in total. The van der Waals surface area contributed by atoms with Crippen molar-refractivity contribution in [3.63, 3.8) is 0 Å². The molecule has 0 aliphatic carbocycles. The monoisotopic (exact) mass is 339 g/mol. The van der Waals surface area contributed by atoms with Gasteiger partial charge < -0.3 is 10.6 Å². The standard InChI is InChI=1S/C15H21N3O4S/c1-10(16-15(20)9-18(2)23(3,21)22)11-4-6-13-12(8-11)5-7-14(19)17-13/h4,6,8,10H,5,7,9H2,1-3H3,(H,16,20)(H,17,19). The van der Waals surface area contributed by atoms with E-state index < -0.39 is 10.0 Å². The molecule has 8 heteroatoms. The van der Waals surface area contributed by atoms with E-state index in [0.717, 1.165) is 27.4 Å². The second-order valence-electron chi connectivity index (χ2n) is 5.77. The van der Waals surface area contributed by atoms with Crippen LogP contribution in [0.25, 0.3) is 0 Å². The second-order valence-corrected chi connectivity index (χ2v) is 7.86. The summed E-state index contributed by atoms with van der Waals surface area (Å²) in [5.41, 5.74) is 2.76. The molecule has 0 saturated carbocycles. The number of hydrogen-bond donors (Lipinski definition) is 2. The fourth-order valence-electron chi connectivity index (χ4n) is 2.36. The molecule has 0 fully saturated rings. The number of nitrogens with zero attached hydrogens (tertiary/aromatic N) is 1. The van der Waals surface area contributed by atoms with Crippen molar-refractivity contribution in [3.8, 4) is 0 Å². The molecule has 1 heterocycles. The highest BCUT2D eigenvalue weighted by molar-refractivity contribution is 7.88. The van der Waals surface area contributed by atoms with Gasteiger partial charge >= 0.3 is 0 Å². The Morgan fingerprint density at radius 1 is 1.39 bits per heavy atom. The highest BCUT2D eigenvalue weighted by atomic mass is 32.2. The van der Waals surface area contributed by atoms with Gasteiger partial charge in [-0.2, -0.15) is 4.31 Å². The molecule has 1 aliphatic heterocycles. The Kier molecular flexibility index (Phi) is 5.06. The Hall–Kier alpha value is -1.93. The topological polar surface area (TPSA) is 95.6 Å². The molecule has 0 spiro atoms. The first-order valence-corrected chi connectivity index (χ1v) is 9.15. The van der Waals surface area contributed by atoms with Crippen LogP contribution in [-0.4, -0.2) is 44.4 Å². The summed E-state index contributed by atoms with van der Waals surface area (Å²) in [7, 11) is -2.02. The van der Waals surface area contributed by atoms with Crippen LogP contribution in [0.5, 0.6) is 0 Å². The highest BCUT2D eigenvalue weighted by Crippen LogP contribution is 2.26. The summed E-state index contributed by atoms with van der Waals surface area (Å²) in [6, 6.07) is 5.38. The summed E-state index contributed by atoms with van der Waals surface area (Å²) in [4.78, 5) is 23.3. The molecule has 7 nitrogen and oxygen atoms in total. The number of hydrogen-bond acceptors (Lipinski definition) is 4. The molecule has 0 bridgehead atoms. The van der Waals surface area contributed by atoms with E-state index in [1.807, 2.05) is 25.1 Å². The number of carbonyl (C=O) groups excluding carboxylic acids is 2. The van der Waals surface area contributed by atoms with E-state index in [0.29, 0.717) is 12.8 Å². The van der Waals surface area contributed by atoms with Crippen LogP contribution in [0, 0.1) is 0 Å². The lowest BCUT2D eigenvalue weighted by Gasteiger charge is -2.21. The van der Waals surface area contributed by atoms with Gasteiger partial charge in [0.25, 0.3) is 0 Å². The third-order valence-corrected chi connectivity index (χ3v) is 5.10. The minimum atomic E-state index is -3.38. The SMILES string of the molecule is CC(NC(=O)CN(C)S(C)(=O)=O)c1ccc2c(c1)CCC(=O)N2.